The van der Waals surface area contributed by atoms with Crippen molar-refractivity contribution in [3.63, 3.8) is 0 Å². The van der Waals surface area contributed by atoms with Crippen LogP contribution in [0.4, 0.5) is 5.69 Å². The van der Waals surface area contributed by atoms with Crippen LogP contribution in [0.15, 0.2) is 23.8 Å². The van der Waals surface area contributed by atoms with Crippen LogP contribution in [0.2, 0.25) is 0 Å². The molecule has 0 fully saturated rings. The fraction of sp³-hybridized carbons (Fsp3) is 0.400. The summed E-state index contributed by atoms with van der Waals surface area (Å²) < 4.78 is 5.66. The van der Waals surface area contributed by atoms with Gasteiger partial charge in [-0.2, -0.15) is 0 Å². The van der Waals surface area contributed by atoms with E-state index in [4.69, 9.17) is 4.74 Å². The fourth-order valence-corrected chi connectivity index (χ4v) is 2.14. The predicted molar refractivity (Wildman–Crippen MR) is 74.2 cm³/mol. The molecule has 0 saturated carbocycles. The molecule has 1 aromatic carbocycles. The highest BCUT2D eigenvalue weighted by atomic mass is 16.5. The maximum absolute atomic E-state index is 11.3. The lowest BCUT2D eigenvalue weighted by Crippen LogP contribution is -2.22. The molecular weight excluding hydrogens is 226 g/mol. The zero-order chi connectivity index (χ0) is 13.1. The molecule has 18 heavy (non-hydrogen) atoms. The monoisotopic (exact) mass is 245 g/mol. The normalized spacial score (nSPS) is 13.4. The van der Waals surface area contributed by atoms with Gasteiger partial charge in [0.15, 0.2) is 5.78 Å². The minimum atomic E-state index is 0.0773. The first-order valence-electron chi connectivity index (χ1n) is 6.39. The number of benzene rings is 1. The Morgan fingerprint density at radius 3 is 2.67 bits per heavy atom. The number of hydrogen-bond donors (Lipinski definition) is 0. The lowest BCUT2D eigenvalue weighted by atomic mass is 10.0. The average Bonchev–Trinajstić information content (AvgIpc) is 2.39. The Morgan fingerprint density at radius 2 is 2.06 bits per heavy atom. The van der Waals surface area contributed by atoms with Crippen molar-refractivity contribution in [3.05, 3.63) is 29.3 Å². The zero-order valence-corrected chi connectivity index (χ0v) is 11.2. The molecule has 0 saturated heterocycles. The number of fused-ring (bicyclic) bond motifs is 1. The van der Waals surface area contributed by atoms with E-state index in [2.05, 4.69) is 30.9 Å². The molecule has 0 unspecified atom stereocenters. The molecule has 0 radical (unpaired) electrons. The van der Waals surface area contributed by atoms with Crippen LogP contribution in [-0.4, -0.2) is 25.5 Å². The second-order valence-electron chi connectivity index (χ2n) is 4.41. The van der Waals surface area contributed by atoms with Gasteiger partial charge < -0.3 is 9.64 Å². The minimum Gasteiger partial charge on any atom is -0.488 e. The van der Waals surface area contributed by atoms with Gasteiger partial charge in [-0.15, -0.1) is 0 Å². The number of rotatable bonds is 4. The lowest BCUT2D eigenvalue weighted by molar-refractivity contribution is -0.113. The van der Waals surface area contributed by atoms with E-state index in [1.54, 1.807) is 6.92 Å². The third-order valence-corrected chi connectivity index (χ3v) is 3.29. The quantitative estimate of drug-likeness (QED) is 0.817. The highest BCUT2D eigenvalue weighted by Crippen LogP contribution is 2.31. The Hall–Kier alpha value is -1.77. The molecule has 1 aliphatic heterocycles. The second-order valence-corrected chi connectivity index (χ2v) is 4.41. The van der Waals surface area contributed by atoms with E-state index in [0.29, 0.717) is 6.61 Å². The summed E-state index contributed by atoms with van der Waals surface area (Å²) in [6, 6.07) is 6.15. The first-order chi connectivity index (χ1) is 8.65. The summed E-state index contributed by atoms with van der Waals surface area (Å²) in [5.41, 5.74) is 2.89. The van der Waals surface area contributed by atoms with E-state index in [1.165, 1.54) is 5.69 Å². The van der Waals surface area contributed by atoms with Gasteiger partial charge in [-0.1, -0.05) is 0 Å². The zero-order valence-electron chi connectivity index (χ0n) is 11.2. The number of carbonyl (C=O) groups is 1. The minimum absolute atomic E-state index is 0.0773. The molecule has 3 nitrogen and oxygen atoms in total. The van der Waals surface area contributed by atoms with E-state index in [1.807, 2.05) is 12.1 Å². The molecule has 0 aromatic heterocycles. The molecule has 0 aliphatic carbocycles. The number of nitrogens with zero attached hydrogens (tertiary/aromatic N) is 1. The van der Waals surface area contributed by atoms with E-state index >= 15 is 0 Å². The topological polar surface area (TPSA) is 29.5 Å². The summed E-state index contributed by atoms with van der Waals surface area (Å²) in [6.45, 7) is 8.18. The van der Waals surface area contributed by atoms with Crippen molar-refractivity contribution in [2.24, 2.45) is 0 Å². The standard InChI is InChI=1S/C15H19NO2/c1-4-16(5-2)14-7-6-12-8-13(11(3)17)10-18-15(12)9-14/h6-9H,4-5,10H2,1-3H3. The number of ether oxygens (including phenoxy) is 1. The van der Waals surface area contributed by atoms with Crippen LogP contribution in [-0.2, 0) is 4.79 Å². The average molecular weight is 245 g/mol. The van der Waals surface area contributed by atoms with Crippen LogP contribution in [0.1, 0.15) is 26.3 Å². The summed E-state index contributed by atoms with van der Waals surface area (Å²) in [5, 5.41) is 0. The van der Waals surface area contributed by atoms with Crippen LogP contribution in [0.5, 0.6) is 5.75 Å². The lowest BCUT2D eigenvalue weighted by Gasteiger charge is -2.24. The van der Waals surface area contributed by atoms with Crippen molar-refractivity contribution < 1.29 is 9.53 Å². The molecule has 96 valence electrons. The maximum Gasteiger partial charge on any atom is 0.159 e. The van der Waals surface area contributed by atoms with Crippen LogP contribution >= 0.6 is 0 Å². The van der Waals surface area contributed by atoms with E-state index < -0.39 is 0 Å². The Balaban J connectivity index is 2.33. The predicted octanol–water partition coefficient (Wildman–Crippen LogP) is 2.90. The largest absolute Gasteiger partial charge is 0.488 e. The highest BCUT2D eigenvalue weighted by molar-refractivity contribution is 5.99. The van der Waals surface area contributed by atoms with E-state index in [-0.39, 0.29) is 5.78 Å². The van der Waals surface area contributed by atoms with Gasteiger partial charge in [-0.05, 0) is 39.0 Å². The van der Waals surface area contributed by atoms with E-state index in [0.717, 1.165) is 30.0 Å². The van der Waals surface area contributed by atoms with Crippen molar-refractivity contribution >= 4 is 17.5 Å². The molecule has 1 aliphatic rings. The van der Waals surface area contributed by atoms with Crippen LogP contribution in [0.25, 0.3) is 6.08 Å². The first kappa shape index (κ1) is 12.7. The van der Waals surface area contributed by atoms with Crippen LogP contribution in [0, 0.1) is 0 Å². The van der Waals surface area contributed by atoms with Gasteiger partial charge in [0.2, 0.25) is 0 Å². The van der Waals surface area contributed by atoms with Crippen molar-refractivity contribution in [1.29, 1.82) is 0 Å². The van der Waals surface area contributed by atoms with Crippen molar-refractivity contribution in [2.45, 2.75) is 20.8 Å². The number of ketones is 1. The van der Waals surface area contributed by atoms with Gasteiger partial charge in [-0.3, -0.25) is 4.79 Å². The van der Waals surface area contributed by atoms with E-state index in [9.17, 15) is 4.79 Å². The Bertz CT molecular complexity index is 487. The fourth-order valence-electron chi connectivity index (χ4n) is 2.14. The van der Waals surface area contributed by atoms with Gasteiger partial charge in [-0.25, -0.2) is 0 Å². The van der Waals surface area contributed by atoms with Crippen molar-refractivity contribution in [2.75, 3.05) is 24.6 Å². The second kappa shape index (κ2) is 5.25. The van der Waals surface area contributed by atoms with Gasteiger partial charge in [0.1, 0.15) is 12.4 Å². The van der Waals surface area contributed by atoms with Crippen molar-refractivity contribution in [1.82, 2.24) is 0 Å². The number of hydrogen-bond acceptors (Lipinski definition) is 3. The Labute approximate surface area is 108 Å². The summed E-state index contributed by atoms with van der Waals surface area (Å²) in [5.74, 6) is 0.942. The molecule has 0 spiro atoms. The Morgan fingerprint density at radius 1 is 1.33 bits per heavy atom. The molecule has 0 N–H and O–H groups in total. The molecule has 1 aromatic rings. The third-order valence-electron chi connectivity index (χ3n) is 3.29. The molecule has 0 bridgehead atoms. The summed E-state index contributed by atoms with van der Waals surface area (Å²) in [4.78, 5) is 13.6. The number of anilines is 1. The Kier molecular flexibility index (Phi) is 3.70. The SMILES string of the molecule is CCN(CC)c1ccc2c(c1)OCC(C(C)=O)=C2. The summed E-state index contributed by atoms with van der Waals surface area (Å²) in [7, 11) is 0. The van der Waals surface area contributed by atoms with Crippen molar-refractivity contribution in [3.8, 4) is 5.75 Å². The smallest absolute Gasteiger partial charge is 0.159 e. The molecule has 2 rings (SSSR count). The molecule has 0 amide bonds. The maximum atomic E-state index is 11.3. The molecule has 1 heterocycles. The highest BCUT2D eigenvalue weighted by Gasteiger charge is 2.15. The number of carbonyl (C=O) groups excluding carboxylic acids is 1. The molecule has 3 heteroatoms. The van der Waals surface area contributed by atoms with Gasteiger partial charge >= 0.3 is 0 Å². The van der Waals surface area contributed by atoms with Crippen LogP contribution < -0.4 is 9.64 Å². The molecule has 0 atom stereocenters. The number of Topliss-reactive ketones (excluding diaryl/α,β-unsaturated/α-hetero) is 1. The molecular formula is C15H19NO2. The summed E-state index contributed by atoms with van der Waals surface area (Å²) >= 11 is 0. The summed E-state index contributed by atoms with van der Waals surface area (Å²) in [6.07, 6.45) is 1.92. The first-order valence-corrected chi connectivity index (χ1v) is 6.39. The van der Waals surface area contributed by atoms with Gasteiger partial charge in [0, 0.05) is 36.0 Å². The third kappa shape index (κ3) is 2.40. The van der Waals surface area contributed by atoms with Gasteiger partial charge in [0.05, 0.1) is 0 Å². The van der Waals surface area contributed by atoms with Crippen LogP contribution in [0.3, 0.4) is 0 Å². The van der Waals surface area contributed by atoms with Gasteiger partial charge in [0.25, 0.3) is 0 Å².